The molecule has 0 bridgehead atoms. The lowest BCUT2D eigenvalue weighted by atomic mass is 9.77. The fourth-order valence-electron chi connectivity index (χ4n) is 4.87. The third-order valence-corrected chi connectivity index (χ3v) is 6.84. The number of nitrogens with zero attached hydrogens (tertiary/aromatic N) is 2. The Bertz CT molecular complexity index is 1070. The summed E-state index contributed by atoms with van der Waals surface area (Å²) in [6, 6.07) is 14.3. The van der Waals surface area contributed by atoms with E-state index in [1.165, 1.54) is 11.6 Å². The maximum Gasteiger partial charge on any atom is 0.227 e. The fraction of sp³-hybridized carbons (Fsp3) is 0.333. The van der Waals surface area contributed by atoms with Gasteiger partial charge in [0.1, 0.15) is 5.82 Å². The normalized spacial score (nSPS) is 23.5. The van der Waals surface area contributed by atoms with Crippen LogP contribution in [0.25, 0.3) is 10.9 Å². The van der Waals surface area contributed by atoms with Crippen LogP contribution in [0.2, 0.25) is 5.02 Å². The molecular formula is C24H22ClFN2O. The van der Waals surface area contributed by atoms with Gasteiger partial charge in [0.25, 0.3) is 0 Å². The standard InChI is InChI=1S/C24H22ClFN2O/c25-18-3-1-16(2-4-18)13-23(29)28-15-24(28)10-7-17(8-11-24)20-9-12-27-22-6-5-19(26)14-21(20)22/h1-6,9,12,14,17H,7-8,10-11,13,15H2. The molecule has 148 valence electrons. The highest BCUT2D eigenvalue weighted by Crippen LogP contribution is 2.50. The van der Waals surface area contributed by atoms with Gasteiger partial charge in [0.2, 0.25) is 5.91 Å². The fourth-order valence-corrected chi connectivity index (χ4v) is 5.00. The second-order valence-corrected chi connectivity index (χ2v) is 8.78. The highest BCUT2D eigenvalue weighted by atomic mass is 35.5. The zero-order valence-electron chi connectivity index (χ0n) is 16.1. The minimum Gasteiger partial charge on any atom is -0.333 e. The van der Waals surface area contributed by atoms with Gasteiger partial charge in [-0.2, -0.15) is 0 Å². The Balaban J connectivity index is 1.26. The summed E-state index contributed by atoms with van der Waals surface area (Å²) in [5, 5.41) is 1.60. The SMILES string of the molecule is O=C(Cc1ccc(Cl)cc1)N1CC12CCC(c1ccnc3ccc(F)cc13)CC2. The van der Waals surface area contributed by atoms with Gasteiger partial charge < -0.3 is 4.90 Å². The first-order valence-electron chi connectivity index (χ1n) is 10.1. The van der Waals surface area contributed by atoms with E-state index in [4.69, 9.17) is 11.6 Å². The molecule has 0 atom stereocenters. The van der Waals surface area contributed by atoms with E-state index in [9.17, 15) is 9.18 Å². The van der Waals surface area contributed by atoms with Crippen molar-refractivity contribution in [3.63, 3.8) is 0 Å². The van der Waals surface area contributed by atoms with Gasteiger partial charge in [0.15, 0.2) is 0 Å². The van der Waals surface area contributed by atoms with Crippen molar-refractivity contribution in [1.82, 2.24) is 9.88 Å². The summed E-state index contributed by atoms with van der Waals surface area (Å²) in [5.41, 5.74) is 3.06. The number of pyridine rings is 1. The number of amides is 1. The van der Waals surface area contributed by atoms with Gasteiger partial charge in [-0.1, -0.05) is 23.7 Å². The van der Waals surface area contributed by atoms with E-state index in [2.05, 4.69) is 4.98 Å². The second-order valence-electron chi connectivity index (χ2n) is 8.34. The van der Waals surface area contributed by atoms with Gasteiger partial charge in [-0.25, -0.2) is 4.39 Å². The first-order chi connectivity index (χ1) is 14.0. The van der Waals surface area contributed by atoms with E-state index in [0.29, 0.717) is 17.4 Å². The molecule has 1 amide bonds. The topological polar surface area (TPSA) is 33.0 Å². The highest BCUT2D eigenvalue weighted by Gasteiger charge is 2.55. The van der Waals surface area contributed by atoms with Crippen LogP contribution in [0, 0.1) is 5.82 Å². The second kappa shape index (κ2) is 7.10. The first-order valence-corrected chi connectivity index (χ1v) is 10.5. The van der Waals surface area contributed by atoms with Crippen LogP contribution in [-0.2, 0) is 11.2 Å². The predicted octanol–water partition coefficient (Wildman–Crippen LogP) is 5.51. The van der Waals surface area contributed by atoms with Gasteiger partial charge in [0, 0.05) is 23.2 Å². The quantitative estimate of drug-likeness (QED) is 0.535. The molecule has 1 saturated heterocycles. The number of hydrogen-bond donors (Lipinski definition) is 0. The van der Waals surface area contributed by atoms with Crippen LogP contribution >= 0.6 is 11.6 Å². The first kappa shape index (κ1) is 18.6. The van der Waals surface area contributed by atoms with Crippen LogP contribution in [0.1, 0.15) is 42.7 Å². The molecule has 2 aliphatic rings. The number of carbonyl (C=O) groups is 1. The monoisotopic (exact) mass is 408 g/mol. The number of carbonyl (C=O) groups excluding carboxylic acids is 1. The highest BCUT2D eigenvalue weighted by molar-refractivity contribution is 6.30. The van der Waals surface area contributed by atoms with Crippen LogP contribution in [0.3, 0.4) is 0 Å². The molecule has 3 nitrogen and oxygen atoms in total. The number of halogens is 2. The molecule has 1 aromatic heterocycles. The Morgan fingerprint density at radius 2 is 1.90 bits per heavy atom. The third kappa shape index (κ3) is 3.51. The molecule has 5 heteroatoms. The number of aromatic nitrogens is 1. The van der Waals surface area contributed by atoms with Crippen molar-refractivity contribution in [1.29, 1.82) is 0 Å². The molecule has 2 aromatic carbocycles. The molecule has 0 N–H and O–H groups in total. The van der Waals surface area contributed by atoms with Gasteiger partial charge in [-0.05, 0) is 79.1 Å². The van der Waals surface area contributed by atoms with E-state index in [1.54, 1.807) is 12.1 Å². The zero-order valence-corrected chi connectivity index (χ0v) is 16.8. The van der Waals surface area contributed by atoms with Gasteiger partial charge in [-0.3, -0.25) is 9.78 Å². The molecule has 1 aliphatic heterocycles. The molecular weight excluding hydrogens is 387 g/mol. The summed E-state index contributed by atoms with van der Waals surface area (Å²) in [6.45, 7) is 0.859. The van der Waals surface area contributed by atoms with E-state index in [-0.39, 0.29) is 17.3 Å². The lowest BCUT2D eigenvalue weighted by Crippen LogP contribution is -2.29. The molecule has 1 aliphatic carbocycles. The number of rotatable bonds is 3. The van der Waals surface area contributed by atoms with Crippen molar-refractivity contribution in [2.75, 3.05) is 6.54 Å². The molecule has 2 fully saturated rings. The Morgan fingerprint density at radius 3 is 2.66 bits per heavy atom. The summed E-state index contributed by atoms with van der Waals surface area (Å²) in [5.74, 6) is 0.365. The average molecular weight is 409 g/mol. The molecule has 29 heavy (non-hydrogen) atoms. The molecule has 1 spiro atoms. The largest absolute Gasteiger partial charge is 0.333 e. The van der Waals surface area contributed by atoms with Crippen molar-refractivity contribution < 1.29 is 9.18 Å². The summed E-state index contributed by atoms with van der Waals surface area (Å²) in [6.07, 6.45) is 6.28. The van der Waals surface area contributed by atoms with Crippen molar-refractivity contribution >= 4 is 28.4 Å². The van der Waals surface area contributed by atoms with Gasteiger partial charge in [0.05, 0.1) is 17.5 Å². The Labute approximate surface area is 174 Å². The van der Waals surface area contributed by atoms with Crippen LogP contribution in [0.15, 0.2) is 54.7 Å². The zero-order chi connectivity index (χ0) is 20.0. The Morgan fingerprint density at radius 1 is 1.14 bits per heavy atom. The number of benzene rings is 2. The van der Waals surface area contributed by atoms with Gasteiger partial charge >= 0.3 is 0 Å². The molecule has 2 heterocycles. The minimum absolute atomic E-state index is 0.0358. The Hall–Kier alpha value is -2.46. The van der Waals surface area contributed by atoms with Crippen LogP contribution in [-0.4, -0.2) is 27.9 Å². The third-order valence-electron chi connectivity index (χ3n) is 6.58. The molecule has 3 aromatic rings. The molecule has 5 rings (SSSR count). The average Bonchev–Trinajstić information content (AvgIpc) is 3.43. The van der Waals surface area contributed by atoms with Crippen molar-refractivity contribution in [2.24, 2.45) is 0 Å². The summed E-state index contributed by atoms with van der Waals surface area (Å²) < 4.78 is 13.8. The van der Waals surface area contributed by atoms with Crippen LogP contribution < -0.4 is 0 Å². The molecule has 0 unspecified atom stereocenters. The lowest BCUT2D eigenvalue weighted by Gasteiger charge is -2.30. The molecule has 0 radical (unpaired) electrons. The van der Waals surface area contributed by atoms with Crippen molar-refractivity contribution in [2.45, 2.75) is 43.6 Å². The smallest absolute Gasteiger partial charge is 0.227 e. The lowest BCUT2D eigenvalue weighted by molar-refractivity contribution is -0.126. The summed E-state index contributed by atoms with van der Waals surface area (Å²) in [7, 11) is 0. The number of hydrogen-bond acceptors (Lipinski definition) is 2. The van der Waals surface area contributed by atoms with E-state index in [1.807, 2.05) is 41.4 Å². The van der Waals surface area contributed by atoms with E-state index in [0.717, 1.165) is 48.7 Å². The van der Waals surface area contributed by atoms with Crippen LogP contribution in [0.4, 0.5) is 4.39 Å². The maximum atomic E-state index is 13.8. The van der Waals surface area contributed by atoms with Crippen molar-refractivity contribution in [3.8, 4) is 0 Å². The number of fused-ring (bicyclic) bond motifs is 1. The Kier molecular flexibility index (Phi) is 4.54. The molecule has 1 saturated carbocycles. The van der Waals surface area contributed by atoms with E-state index < -0.39 is 0 Å². The maximum absolute atomic E-state index is 13.8. The van der Waals surface area contributed by atoms with Gasteiger partial charge in [-0.15, -0.1) is 0 Å². The van der Waals surface area contributed by atoms with E-state index >= 15 is 0 Å². The minimum atomic E-state index is -0.222. The summed E-state index contributed by atoms with van der Waals surface area (Å²) in [4.78, 5) is 19.2. The van der Waals surface area contributed by atoms with Crippen LogP contribution in [0.5, 0.6) is 0 Å². The van der Waals surface area contributed by atoms with Crippen molar-refractivity contribution in [3.05, 3.63) is 76.7 Å². The predicted molar refractivity (Wildman–Crippen MR) is 113 cm³/mol. The summed E-state index contributed by atoms with van der Waals surface area (Å²) >= 11 is 5.93.